The van der Waals surface area contributed by atoms with Gasteiger partial charge in [0.25, 0.3) is 0 Å². The molecule has 1 fully saturated rings. The van der Waals surface area contributed by atoms with Crippen LogP contribution in [0.4, 0.5) is 32.3 Å². The molecule has 1 aliphatic heterocycles. The molecule has 2 rings (SSSR count). The second-order valence-electron chi connectivity index (χ2n) is 5.83. The fourth-order valence-electron chi connectivity index (χ4n) is 2.46. The summed E-state index contributed by atoms with van der Waals surface area (Å²) < 4.78 is 76.4. The topological polar surface area (TPSA) is 88.2 Å². The second kappa shape index (κ2) is 8.55. The van der Waals surface area contributed by atoms with E-state index in [1.54, 1.807) is 0 Å². The number of nitrogens with zero attached hydrogens (tertiary/aromatic N) is 3. The summed E-state index contributed by atoms with van der Waals surface area (Å²) >= 11 is 0. The Morgan fingerprint density at radius 2 is 1.93 bits per heavy atom. The molecule has 0 saturated carbocycles. The smallest absolute Gasteiger partial charge is 0.404 e. The van der Waals surface area contributed by atoms with E-state index >= 15 is 0 Å². The van der Waals surface area contributed by atoms with E-state index in [-0.39, 0.29) is 17.6 Å². The van der Waals surface area contributed by atoms with Crippen LogP contribution in [0.3, 0.4) is 0 Å². The summed E-state index contributed by atoms with van der Waals surface area (Å²) in [5, 5.41) is 6.08. The number of alkyl halides is 6. The van der Waals surface area contributed by atoms with E-state index in [1.165, 1.54) is 0 Å². The van der Waals surface area contributed by atoms with Crippen LogP contribution in [-0.4, -0.2) is 48.0 Å². The average molecular weight is 396 g/mol. The standard InChI is InChI=1S/C15H18F6N6/c16-14(17,18)8-24-6-9(5-22)12-11(15(19,20)21)7-25-13(27-12)26-10-1-3-23-4-2-10/h5-7,10,23H,1-4,8,22H2,(H,25,26,27)/b9-5+,24-6?. The summed E-state index contributed by atoms with van der Waals surface area (Å²) in [6.07, 6.45) is -6.01. The van der Waals surface area contributed by atoms with E-state index in [4.69, 9.17) is 5.73 Å². The van der Waals surface area contributed by atoms with Gasteiger partial charge in [0.15, 0.2) is 0 Å². The van der Waals surface area contributed by atoms with E-state index in [9.17, 15) is 26.3 Å². The summed E-state index contributed by atoms with van der Waals surface area (Å²) in [5.41, 5.74) is 3.07. The van der Waals surface area contributed by atoms with E-state index in [0.717, 1.165) is 32.1 Å². The maximum Gasteiger partial charge on any atom is 0.419 e. The number of aliphatic imine (C=N–C) groups is 1. The van der Waals surface area contributed by atoms with Gasteiger partial charge in [-0.25, -0.2) is 9.97 Å². The van der Waals surface area contributed by atoms with E-state index in [0.29, 0.717) is 12.4 Å². The molecule has 1 saturated heterocycles. The van der Waals surface area contributed by atoms with Crippen LogP contribution >= 0.6 is 0 Å². The predicted molar refractivity (Wildman–Crippen MR) is 88.1 cm³/mol. The number of hydrogen-bond acceptors (Lipinski definition) is 6. The highest BCUT2D eigenvalue weighted by Gasteiger charge is 2.36. The van der Waals surface area contributed by atoms with Gasteiger partial charge >= 0.3 is 12.4 Å². The zero-order valence-electron chi connectivity index (χ0n) is 14.0. The van der Waals surface area contributed by atoms with Crippen molar-refractivity contribution in [3.63, 3.8) is 0 Å². The SMILES string of the molecule is N/C=C(\C=NCC(F)(F)F)c1nc(NC2CCNCC2)ncc1C(F)(F)F. The van der Waals surface area contributed by atoms with Gasteiger partial charge in [-0.05, 0) is 25.9 Å². The Morgan fingerprint density at radius 1 is 1.26 bits per heavy atom. The molecule has 6 nitrogen and oxygen atoms in total. The van der Waals surface area contributed by atoms with Crippen molar-refractivity contribution in [3.8, 4) is 0 Å². The number of hydrogen-bond donors (Lipinski definition) is 3. The van der Waals surface area contributed by atoms with Gasteiger partial charge in [-0.2, -0.15) is 26.3 Å². The summed E-state index contributed by atoms with van der Waals surface area (Å²) in [6, 6.07) is -0.0277. The van der Waals surface area contributed by atoms with E-state index in [2.05, 4.69) is 25.6 Å². The largest absolute Gasteiger partial charge is 0.419 e. The van der Waals surface area contributed by atoms with Gasteiger partial charge in [0.05, 0.1) is 5.69 Å². The van der Waals surface area contributed by atoms with Gasteiger partial charge in [0.1, 0.15) is 12.1 Å². The molecular formula is C15H18F6N6. The molecule has 1 aliphatic rings. The Bertz CT molecular complexity index is 691. The number of anilines is 1. The van der Waals surface area contributed by atoms with Crippen molar-refractivity contribution in [2.24, 2.45) is 10.7 Å². The maximum absolute atomic E-state index is 13.2. The van der Waals surface area contributed by atoms with E-state index < -0.39 is 30.2 Å². The molecule has 0 aliphatic carbocycles. The Morgan fingerprint density at radius 3 is 2.48 bits per heavy atom. The fourth-order valence-corrected chi connectivity index (χ4v) is 2.46. The van der Waals surface area contributed by atoms with Crippen LogP contribution in [0.2, 0.25) is 0 Å². The molecule has 1 aromatic heterocycles. The molecule has 0 radical (unpaired) electrons. The summed E-state index contributed by atoms with van der Waals surface area (Å²) in [6.45, 7) is -0.0661. The fraction of sp³-hybridized carbons (Fsp3) is 0.533. The summed E-state index contributed by atoms with van der Waals surface area (Å²) in [7, 11) is 0. The monoisotopic (exact) mass is 396 g/mol. The molecule has 0 atom stereocenters. The number of halogens is 6. The molecule has 12 heteroatoms. The highest BCUT2D eigenvalue weighted by Crippen LogP contribution is 2.33. The zero-order valence-corrected chi connectivity index (χ0v) is 14.0. The molecule has 0 aromatic carbocycles. The van der Waals surface area contributed by atoms with Gasteiger partial charge in [0, 0.05) is 30.2 Å². The lowest BCUT2D eigenvalue weighted by molar-refractivity contribution is -0.138. The first-order valence-corrected chi connectivity index (χ1v) is 8.00. The Kier molecular flexibility index (Phi) is 6.63. The number of nitrogens with one attached hydrogen (secondary N) is 2. The highest BCUT2D eigenvalue weighted by atomic mass is 19.4. The molecule has 27 heavy (non-hydrogen) atoms. The molecular weight excluding hydrogens is 378 g/mol. The molecule has 4 N–H and O–H groups in total. The summed E-state index contributed by atoms with van der Waals surface area (Å²) in [5.74, 6) is -0.0616. The quantitative estimate of drug-likeness (QED) is 0.526. The van der Waals surface area contributed by atoms with Crippen LogP contribution in [0.25, 0.3) is 5.57 Å². The van der Waals surface area contributed by atoms with Gasteiger partial charge < -0.3 is 16.4 Å². The van der Waals surface area contributed by atoms with Crippen molar-refractivity contribution in [3.05, 3.63) is 23.7 Å². The lowest BCUT2D eigenvalue weighted by Crippen LogP contribution is -2.35. The van der Waals surface area contributed by atoms with Gasteiger partial charge in [0.2, 0.25) is 5.95 Å². The Balaban J connectivity index is 2.32. The first-order chi connectivity index (χ1) is 12.6. The molecule has 150 valence electrons. The van der Waals surface area contributed by atoms with Crippen LogP contribution in [0.1, 0.15) is 24.1 Å². The number of allylic oxidation sites excluding steroid dienone is 1. The minimum absolute atomic E-state index is 0.0277. The normalized spacial score (nSPS) is 17.5. The van der Waals surface area contributed by atoms with Crippen molar-refractivity contribution in [1.29, 1.82) is 0 Å². The van der Waals surface area contributed by atoms with Gasteiger partial charge in [-0.3, -0.25) is 4.99 Å². The number of aromatic nitrogens is 2. The third kappa shape index (κ3) is 6.38. The lowest BCUT2D eigenvalue weighted by atomic mass is 10.1. The van der Waals surface area contributed by atoms with Gasteiger partial charge in [-0.1, -0.05) is 0 Å². The van der Waals surface area contributed by atoms with Crippen molar-refractivity contribution in [1.82, 2.24) is 15.3 Å². The van der Waals surface area contributed by atoms with Crippen LogP contribution in [-0.2, 0) is 6.18 Å². The highest BCUT2D eigenvalue weighted by molar-refractivity contribution is 6.09. The minimum Gasteiger partial charge on any atom is -0.404 e. The maximum atomic E-state index is 13.2. The third-order valence-corrected chi connectivity index (χ3v) is 3.72. The van der Waals surface area contributed by atoms with Crippen molar-refractivity contribution >= 4 is 17.7 Å². The Labute approximate surface area is 151 Å². The zero-order chi connectivity index (χ0) is 20.1. The lowest BCUT2D eigenvalue weighted by Gasteiger charge is -2.24. The number of nitrogens with two attached hydrogens (primary N) is 1. The first-order valence-electron chi connectivity index (χ1n) is 8.00. The molecule has 0 bridgehead atoms. The van der Waals surface area contributed by atoms with Crippen LogP contribution in [0.5, 0.6) is 0 Å². The number of piperidine rings is 1. The van der Waals surface area contributed by atoms with Gasteiger partial charge in [-0.15, -0.1) is 0 Å². The second-order valence-corrected chi connectivity index (χ2v) is 5.83. The molecule has 0 unspecified atom stereocenters. The number of rotatable bonds is 5. The molecule has 0 spiro atoms. The predicted octanol–water partition coefficient (Wildman–Crippen LogP) is 2.59. The van der Waals surface area contributed by atoms with Crippen LogP contribution in [0, 0.1) is 0 Å². The molecule has 1 aromatic rings. The average Bonchev–Trinajstić information content (AvgIpc) is 2.58. The molecule has 2 heterocycles. The van der Waals surface area contributed by atoms with Crippen LogP contribution < -0.4 is 16.4 Å². The van der Waals surface area contributed by atoms with E-state index in [1.807, 2.05) is 0 Å². The minimum atomic E-state index is -4.81. The van der Waals surface area contributed by atoms with Crippen molar-refractivity contribution < 1.29 is 26.3 Å². The Hall–Kier alpha value is -2.37. The third-order valence-electron chi connectivity index (χ3n) is 3.72. The van der Waals surface area contributed by atoms with Crippen molar-refractivity contribution in [2.45, 2.75) is 31.2 Å². The summed E-state index contributed by atoms with van der Waals surface area (Å²) in [4.78, 5) is 10.6. The first kappa shape index (κ1) is 20.9. The van der Waals surface area contributed by atoms with Crippen molar-refractivity contribution in [2.75, 3.05) is 25.0 Å². The van der Waals surface area contributed by atoms with Crippen LogP contribution in [0.15, 0.2) is 17.4 Å². The molecule has 0 amide bonds.